The summed E-state index contributed by atoms with van der Waals surface area (Å²) in [6.45, 7) is 0.369. The van der Waals surface area contributed by atoms with Crippen molar-refractivity contribution in [3.05, 3.63) is 105 Å². The van der Waals surface area contributed by atoms with Gasteiger partial charge < -0.3 is 5.32 Å². The standard InChI is InChI=1S/C25H20Cl2N4O2S2/c26-19-10-4-1-7-16(19)15-34-21-12-6-3-9-18(21)24(33)29-25-31-30-22(35-25)13-14-28-23(32)17-8-2-5-11-20(17)27/h1-12H,13-15H2,(H,28,32)(H,29,31,33). The number of benzene rings is 3. The van der Waals surface area contributed by atoms with Crippen molar-refractivity contribution in [2.75, 3.05) is 11.9 Å². The Morgan fingerprint density at radius 3 is 2.29 bits per heavy atom. The molecule has 35 heavy (non-hydrogen) atoms. The van der Waals surface area contributed by atoms with Gasteiger partial charge in [-0.3, -0.25) is 14.9 Å². The summed E-state index contributed by atoms with van der Waals surface area (Å²) in [5.74, 6) is 0.133. The lowest BCUT2D eigenvalue weighted by molar-refractivity contribution is 0.0953. The minimum absolute atomic E-state index is 0.250. The number of hydrogen-bond donors (Lipinski definition) is 2. The Morgan fingerprint density at radius 2 is 1.51 bits per heavy atom. The molecular weight excluding hydrogens is 523 g/mol. The second kappa shape index (κ2) is 12.2. The number of halogens is 2. The Labute approximate surface area is 221 Å². The molecular formula is C25H20Cl2N4O2S2. The molecule has 0 spiro atoms. The van der Waals surface area contributed by atoms with E-state index in [1.165, 1.54) is 11.3 Å². The zero-order chi connectivity index (χ0) is 24.6. The van der Waals surface area contributed by atoms with Gasteiger partial charge in [-0.15, -0.1) is 22.0 Å². The van der Waals surface area contributed by atoms with Crippen molar-refractivity contribution in [1.82, 2.24) is 15.5 Å². The SMILES string of the molecule is O=C(NCCc1nnc(NC(=O)c2ccccc2SCc2ccccc2Cl)s1)c1ccccc1Cl. The second-order valence-electron chi connectivity index (χ2n) is 7.32. The predicted octanol–water partition coefficient (Wildman–Crippen LogP) is 6.36. The molecule has 2 N–H and O–H groups in total. The fraction of sp³-hybridized carbons (Fsp3) is 0.120. The average Bonchev–Trinajstić information content (AvgIpc) is 3.31. The van der Waals surface area contributed by atoms with Crippen molar-refractivity contribution in [2.45, 2.75) is 17.1 Å². The third kappa shape index (κ3) is 6.82. The van der Waals surface area contributed by atoms with Crippen LogP contribution in [0.3, 0.4) is 0 Å². The zero-order valence-electron chi connectivity index (χ0n) is 18.3. The molecule has 4 aromatic rings. The normalized spacial score (nSPS) is 10.7. The Hall–Kier alpha value is -2.91. The molecule has 0 bridgehead atoms. The van der Waals surface area contributed by atoms with Crippen molar-refractivity contribution in [2.24, 2.45) is 0 Å². The van der Waals surface area contributed by atoms with Gasteiger partial charge in [-0.25, -0.2) is 0 Å². The topological polar surface area (TPSA) is 84.0 Å². The van der Waals surface area contributed by atoms with Crippen molar-refractivity contribution in [3.63, 3.8) is 0 Å². The first-order valence-corrected chi connectivity index (χ1v) is 13.2. The van der Waals surface area contributed by atoms with Crippen LogP contribution in [-0.4, -0.2) is 28.6 Å². The van der Waals surface area contributed by atoms with Crippen LogP contribution in [0.2, 0.25) is 10.0 Å². The molecule has 0 aliphatic rings. The summed E-state index contributed by atoms with van der Waals surface area (Å²) < 4.78 is 0. The minimum Gasteiger partial charge on any atom is -0.352 e. The van der Waals surface area contributed by atoms with Crippen LogP contribution in [0.4, 0.5) is 5.13 Å². The van der Waals surface area contributed by atoms with Gasteiger partial charge in [-0.2, -0.15) is 0 Å². The number of anilines is 1. The Balaban J connectivity index is 1.32. The Morgan fingerprint density at radius 1 is 0.829 bits per heavy atom. The Kier molecular flexibility index (Phi) is 8.76. The molecule has 2 amide bonds. The van der Waals surface area contributed by atoms with Gasteiger partial charge in [0.15, 0.2) is 0 Å². The highest BCUT2D eigenvalue weighted by Gasteiger charge is 2.15. The smallest absolute Gasteiger partial charge is 0.258 e. The fourth-order valence-electron chi connectivity index (χ4n) is 3.14. The lowest BCUT2D eigenvalue weighted by atomic mass is 10.2. The van der Waals surface area contributed by atoms with Crippen molar-refractivity contribution < 1.29 is 9.59 Å². The summed E-state index contributed by atoms with van der Waals surface area (Å²) in [6, 6.07) is 21.9. The predicted molar refractivity (Wildman–Crippen MR) is 143 cm³/mol. The third-order valence-corrected chi connectivity index (χ3v) is 7.62. The van der Waals surface area contributed by atoms with Crippen LogP contribution in [0.1, 0.15) is 31.3 Å². The molecule has 0 aliphatic carbocycles. The molecule has 4 rings (SSSR count). The molecule has 6 nitrogen and oxygen atoms in total. The minimum atomic E-state index is -0.262. The van der Waals surface area contributed by atoms with Gasteiger partial charge in [0.05, 0.1) is 16.1 Å². The van der Waals surface area contributed by atoms with E-state index in [0.717, 1.165) is 10.5 Å². The fourth-order valence-corrected chi connectivity index (χ4v) is 5.44. The first kappa shape index (κ1) is 25.2. The molecule has 1 heterocycles. The molecule has 0 atom stereocenters. The van der Waals surface area contributed by atoms with Crippen LogP contribution in [0.25, 0.3) is 0 Å². The number of hydrogen-bond acceptors (Lipinski definition) is 6. The van der Waals surface area contributed by atoms with Gasteiger partial charge in [0, 0.05) is 28.6 Å². The molecule has 0 aliphatic heterocycles. The molecule has 0 saturated carbocycles. The number of carbonyl (C=O) groups is 2. The first-order chi connectivity index (χ1) is 17.0. The van der Waals surface area contributed by atoms with E-state index in [1.807, 2.05) is 42.5 Å². The number of nitrogens with zero attached hydrogens (tertiary/aromatic N) is 2. The third-order valence-electron chi connectivity index (χ3n) is 4.90. The van der Waals surface area contributed by atoms with Crippen LogP contribution in [-0.2, 0) is 12.2 Å². The van der Waals surface area contributed by atoms with Gasteiger partial charge in [-0.05, 0) is 35.9 Å². The summed E-state index contributed by atoms with van der Waals surface area (Å²) >= 11 is 15.1. The first-order valence-electron chi connectivity index (χ1n) is 10.6. The quantitative estimate of drug-likeness (QED) is 0.240. The average molecular weight is 544 g/mol. The number of amides is 2. The molecule has 10 heteroatoms. The van der Waals surface area contributed by atoms with E-state index in [9.17, 15) is 9.59 Å². The molecule has 3 aromatic carbocycles. The number of nitrogens with one attached hydrogen (secondary N) is 2. The maximum Gasteiger partial charge on any atom is 0.258 e. The van der Waals surface area contributed by atoms with Crippen molar-refractivity contribution in [1.29, 1.82) is 0 Å². The molecule has 0 unspecified atom stereocenters. The molecule has 0 radical (unpaired) electrons. The zero-order valence-corrected chi connectivity index (χ0v) is 21.5. The summed E-state index contributed by atoms with van der Waals surface area (Å²) in [6.07, 6.45) is 0.480. The molecule has 178 valence electrons. The van der Waals surface area contributed by atoms with E-state index in [2.05, 4.69) is 20.8 Å². The molecule has 0 fully saturated rings. The van der Waals surface area contributed by atoms with E-state index in [0.29, 0.717) is 50.0 Å². The van der Waals surface area contributed by atoms with E-state index in [-0.39, 0.29) is 11.8 Å². The van der Waals surface area contributed by atoms with E-state index in [1.54, 1.807) is 42.1 Å². The number of carbonyl (C=O) groups excluding carboxylic acids is 2. The summed E-state index contributed by atoms with van der Waals surface area (Å²) in [5.41, 5.74) is 1.98. The summed E-state index contributed by atoms with van der Waals surface area (Å²) in [5, 5.41) is 16.0. The highest BCUT2D eigenvalue weighted by molar-refractivity contribution is 7.98. The highest BCUT2D eigenvalue weighted by atomic mass is 35.5. The number of rotatable bonds is 9. The lowest BCUT2D eigenvalue weighted by Crippen LogP contribution is -2.25. The van der Waals surface area contributed by atoms with Crippen LogP contribution >= 0.6 is 46.3 Å². The largest absolute Gasteiger partial charge is 0.352 e. The monoisotopic (exact) mass is 542 g/mol. The van der Waals surface area contributed by atoms with Gasteiger partial charge >= 0.3 is 0 Å². The van der Waals surface area contributed by atoms with Crippen LogP contribution in [0, 0.1) is 0 Å². The number of thioether (sulfide) groups is 1. The molecule has 0 saturated heterocycles. The lowest BCUT2D eigenvalue weighted by Gasteiger charge is -2.09. The van der Waals surface area contributed by atoms with Crippen LogP contribution in [0.15, 0.2) is 77.7 Å². The van der Waals surface area contributed by atoms with E-state index in [4.69, 9.17) is 23.2 Å². The summed E-state index contributed by atoms with van der Waals surface area (Å²) in [4.78, 5) is 26.0. The van der Waals surface area contributed by atoms with Gasteiger partial charge in [0.2, 0.25) is 5.13 Å². The highest BCUT2D eigenvalue weighted by Crippen LogP contribution is 2.29. The van der Waals surface area contributed by atoms with Gasteiger partial charge in [0.25, 0.3) is 11.8 Å². The van der Waals surface area contributed by atoms with Crippen LogP contribution in [0.5, 0.6) is 0 Å². The summed E-state index contributed by atoms with van der Waals surface area (Å²) in [7, 11) is 0. The van der Waals surface area contributed by atoms with E-state index < -0.39 is 0 Å². The number of aromatic nitrogens is 2. The second-order valence-corrected chi connectivity index (χ2v) is 10.2. The maximum absolute atomic E-state index is 12.9. The van der Waals surface area contributed by atoms with Gasteiger partial charge in [-0.1, -0.05) is 77.0 Å². The van der Waals surface area contributed by atoms with Crippen molar-refractivity contribution in [3.8, 4) is 0 Å². The molecule has 1 aromatic heterocycles. The van der Waals surface area contributed by atoms with E-state index >= 15 is 0 Å². The van der Waals surface area contributed by atoms with Gasteiger partial charge in [0.1, 0.15) is 5.01 Å². The maximum atomic E-state index is 12.9. The van der Waals surface area contributed by atoms with Crippen LogP contribution < -0.4 is 10.6 Å². The van der Waals surface area contributed by atoms with Crippen molar-refractivity contribution >= 4 is 63.2 Å². The Bertz CT molecular complexity index is 1350.